The van der Waals surface area contributed by atoms with Crippen molar-refractivity contribution >= 4 is 17.7 Å². The summed E-state index contributed by atoms with van der Waals surface area (Å²) < 4.78 is 0. The van der Waals surface area contributed by atoms with E-state index < -0.39 is 47.4 Å². The fourth-order valence-corrected chi connectivity index (χ4v) is 5.44. The van der Waals surface area contributed by atoms with Gasteiger partial charge in [-0.25, -0.2) is 4.79 Å². The molecule has 2 aliphatic carbocycles. The highest BCUT2D eigenvalue weighted by molar-refractivity contribution is 6.27. The Bertz CT molecular complexity index is 872. The zero-order chi connectivity index (χ0) is 23.8. The minimum atomic E-state index is -2.16. The third-order valence-corrected chi connectivity index (χ3v) is 7.75. The third-order valence-electron chi connectivity index (χ3n) is 7.75. The van der Waals surface area contributed by atoms with Crippen molar-refractivity contribution < 1.29 is 29.7 Å². The molecule has 0 bridgehead atoms. The second-order valence-corrected chi connectivity index (χ2v) is 9.94. The van der Waals surface area contributed by atoms with Gasteiger partial charge in [0.05, 0.1) is 6.04 Å². The lowest BCUT2D eigenvalue weighted by Crippen LogP contribution is -2.49. The van der Waals surface area contributed by atoms with Crippen LogP contribution in [-0.4, -0.2) is 56.6 Å². The molecule has 1 saturated heterocycles. The van der Waals surface area contributed by atoms with Crippen LogP contribution >= 0.6 is 0 Å². The molecule has 1 saturated carbocycles. The number of carboxylic acid groups (broad SMARTS) is 1. The number of aliphatic hydroxyl groups excluding tert-OH is 1. The Morgan fingerprint density at radius 3 is 2.50 bits per heavy atom. The largest absolute Gasteiger partial charge is 0.507 e. The molecule has 2 unspecified atom stereocenters. The maximum absolute atomic E-state index is 13.0. The number of Topliss-reactive ketones (excluding diaryl/α,β-unsaturated/α-hetero) is 1. The maximum atomic E-state index is 13.0. The lowest BCUT2D eigenvalue weighted by Gasteiger charge is -2.40. The molecule has 7 heteroatoms. The van der Waals surface area contributed by atoms with Crippen LogP contribution in [0.4, 0.5) is 0 Å². The lowest BCUT2D eigenvalue weighted by molar-refractivity contribution is -0.166. The second kappa shape index (κ2) is 9.22. The monoisotopic (exact) mass is 445 g/mol. The molecule has 3 N–H and O–H groups in total. The van der Waals surface area contributed by atoms with Gasteiger partial charge in [-0.05, 0) is 48.5 Å². The number of rotatable bonds is 6. The number of amides is 1. The fourth-order valence-electron chi connectivity index (χ4n) is 5.44. The molecule has 2 fully saturated rings. The average molecular weight is 446 g/mol. The van der Waals surface area contributed by atoms with E-state index >= 15 is 0 Å². The number of carboxylic acids is 1. The minimum absolute atomic E-state index is 0.214. The van der Waals surface area contributed by atoms with Crippen LogP contribution < -0.4 is 0 Å². The van der Waals surface area contributed by atoms with Gasteiger partial charge in [0.15, 0.2) is 11.4 Å². The summed E-state index contributed by atoms with van der Waals surface area (Å²) in [4.78, 5) is 38.5. The minimum Gasteiger partial charge on any atom is -0.507 e. The van der Waals surface area contributed by atoms with Gasteiger partial charge in [-0.2, -0.15) is 0 Å². The fraction of sp³-hybridized carbons (Fsp3) is 0.640. The van der Waals surface area contributed by atoms with Crippen molar-refractivity contribution in [2.24, 2.45) is 29.6 Å². The van der Waals surface area contributed by atoms with E-state index in [1.165, 1.54) is 26.0 Å². The summed E-state index contributed by atoms with van der Waals surface area (Å²) in [5, 5.41) is 30.8. The Kier molecular flexibility index (Phi) is 6.98. The van der Waals surface area contributed by atoms with Gasteiger partial charge >= 0.3 is 5.97 Å². The summed E-state index contributed by atoms with van der Waals surface area (Å²) in [6, 6.07) is -1.14. The Morgan fingerprint density at radius 2 is 1.88 bits per heavy atom. The molecule has 1 aliphatic heterocycles. The molecular weight excluding hydrogens is 410 g/mol. The van der Waals surface area contributed by atoms with Crippen molar-refractivity contribution in [2.75, 3.05) is 7.05 Å². The molecule has 3 aliphatic rings. The number of hydrogen-bond acceptors (Lipinski definition) is 5. The van der Waals surface area contributed by atoms with Crippen LogP contribution in [-0.2, 0) is 14.4 Å². The molecule has 1 amide bonds. The topological polar surface area (TPSA) is 115 Å². The van der Waals surface area contributed by atoms with Crippen LogP contribution in [0.1, 0.15) is 52.9 Å². The van der Waals surface area contributed by atoms with Crippen molar-refractivity contribution in [3.63, 3.8) is 0 Å². The molecular formula is C25H35NO6. The summed E-state index contributed by atoms with van der Waals surface area (Å²) in [6.45, 7) is 5.23. The van der Waals surface area contributed by atoms with Crippen LogP contribution in [0.15, 0.2) is 35.6 Å². The van der Waals surface area contributed by atoms with Crippen LogP contribution in [0.2, 0.25) is 0 Å². The van der Waals surface area contributed by atoms with Gasteiger partial charge in [-0.1, -0.05) is 51.8 Å². The first-order valence-electron chi connectivity index (χ1n) is 11.6. The standard InChI is InChI=1S/C25H35NO6/c1-14(2)25(32,24(30)31)13-19-22(28)21(23(29)26(19)4)20(27)12-11-17-15(3)9-10-16-7-5-6-8-18(16)17/h9-12,14-19,27,32H,5-8,13H2,1-4H3,(H,30,31)/b12-11+,21-20+/t15-,16+,17-,18-,19?,25?/m0/s1. The molecule has 6 atom stereocenters. The predicted octanol–water partition coefficient (Wildman–Crippen LogP) is 3.25. The van der Waals surface area contributed by atoms with Gasteiger partial charge in [0, 0.05) is 13.5 Å². The normalized spacial score (nSPS) is 34.2. The van der Waals surface area contributed by atoms with Crippen LogP contribution in [0.3, 0.4) is 0 Å². The SMILES string of the molecule is CC(C)C(O)(CC1C(=O)/C(=C(O)/C=C/[C@@H]2[C@H]3CCCC[C@@H]3C=C[C@@H]2C)C(=O)N1C)C(=O)O. The molecule has 7 nitrogen and oxygen atoms in total. The third kappa shape index (κ3) is 4.27. The molecule has 176 valence electrons. The van der Waals surface area contributed by atoms with E-state index in [0.717, 1.165) is 17.7 Å². The van der Waals surface area contributed by atoms with E-state index in [1.54, 1.807) is 13.8 Å². The highest BCUT2D eigenvalue weighted by Gasteiger charge is 2.50. The quantitative estimate of drug-likeness (QED) is 0.250. The first-order valence-corrected chi connectivity index (χ1v) is 11.6. The van der Waals surface area contributed by atoms with Gasteiger partial charge in [0.1, 0.15) is 11.3 Å². The van der Waals surface area contributed by atoms with Crippen molar-refractivity contribution in [2.45, 2.75) is 64.5 Å². The number of nitrogens with zero attached hydrogens (tertiary/aromatic N) is 1. The zero-order valence-electron chi connectivity index (χ0n) is 19.3. The first-order chi connectivity index (χ1) is 15.0. The molecule has 0 radical (unpaired) electrons. The number of aliphatic hydroxyl groups is 2. The van der Waals surface area contributed by atoms with E-state index in [4.69, 9.17) is 0 Å². The number of carbonyl (C=O) groups is 3. The molecule has 0 spiro atoms. The van der Waals surface area contributed by atoms with E-state index in [2.05, 4.69) is 19.1 Å². The number of hydrogen-bond donors (Lipinski definition) is 3. The second-order valence-electron chi connectivity index (χ2n) is 9.94. The van der Waals surface area contributed by atoms with E-state index in [1.807, 2.05) is 6.08 Å². The summed E-state index contributed by atoms with van der Waals surface area (Å²) in [5.74, 6) is -2.30. The number of likely N-dealkylation sites (N-methyl/N-ethyl adjacent to an activating group) is 1. The smallest absolute Gasteiger partial charge is 0.336 e. The highest BCUT2D eigenvalue weighted by atomic mass is 16.4. The lowest BCUT2D eigenvalue weighted by atomic mass is 9.65. The highest BCUT2D eigenvalue weighted by Crippen LogP contribution is 2.43. The number of likely N-dealkylation sites (tertiary alicyclic amines) is 1. The Balaban J connectivity index is 1.85. The number of allylic oxidation sites excluding steroid dienone is 4. The molecule has 32 heavy (non-hydrogen) atoms. The Labute approximate surface area is 189 Å². The molecule has 0 aromatic rings. The summed E-state index contributed by atoms with van der Waals surface area (Å²) in [7, 11) is 1.39. The molecule has 0 aromatic heterocycles. The van der Waals surface area contributed by atoms with Gasteiger partial charge in [0.2, 0.25) is 0 Å². The van der Waals surface area contributed by atoms with Crippen molar-refractivity contribution in [3.05, 3.63) is 35.6 Å². The van der Waals surface area contributed by atoms with Crippen molar-refractivity contribution in [3.8, 4) is 0 Å². The van der Waals surface area contributed by atoms with E-state index in [0.29, 0.717) is 17.8 Å². The zero-order valence-corrected chi connectivity index (χ0v) is 19.3. The van der Waals surface area contributed by atoms with Crippen LogP contribution in [0.5, 0.6) is 0 Å². The van der Waals surface area contributed by atoms with Gasteiger partial charge in [0.25, 0.3) is 5.91 Å². The predicted molar refractivity (Wildman–Crippen MR) is 120 cm³/mol. The number of carbonyl (C=O) groups excluding carboxylic acids is 2. The molecule has 3 rings (SSSR count). The Morgan fingerprint density at radius 1 is 1.22 bits per heavy atom. The number of aliphatic carboxylic acids is 1. The van der Waals surface area contributed by atoms with Crippen LogP contribution in [0, 0.1) is 29.6 Å². The van der Waals surface area contributed by atoms with Gasteiger partial charge in [-0.15, -0.1) is 0 Å². The first kappa shape index (κ1) is 24.2. The van der Waals surface area contributed by atoms with E-state index in [9.17, 15) is 29.7 Å². The van der Waals surface area contributed by atoms with Gasteiger partial charge in [-0.3, -0.25) is 9.59 Å². The molecule has 0 aromatic carbocycles. The number of fused-ring (bicyclic) bond motifs is 1. The Hall–Kier alpha value is -2.41. The van der Waals surface area contributed by atoms with Crippen molar-refractivity contribution in [1.29, 1.82) is 0 Å². The average Bonchev–Trinajstić information content (AvgIpc) is 2.95. The summed E-state index contributed by atoms with van der Waals surface area (Å²) in [5.41, 5.74) is -2.50. The number of ketones is 1. The molecule has 1 heterocycles. The van der Waals surface area contributed by atoms with Crippen LogP contribution in [0.25, 0.3) is 0 Å². The van der Waals surface area contributed by atoms with Crippen molar-refractivity contribution in [1.82, 2.24) is 4.90 Å². The summed E-state index contributed by atoms with van der Waals surface area (Å²) >= 11 is 0. The maximum Gasteiger partial charge on any atom is 0.336 e. The van der Waals surface area contributed by atoms with Gasteiger partial charge < -0.3 is 20.2 Å². The summed E-state index contributed by atoms with van der Waals surface area (Å²) in [6.07, 6.45) is 12.1. The van der Waals surface area contributed by atoms with E-state index in [-0.39, 0.29) is 11.5 Å².